The number of carbonyl (C=O) groups excluding carboxylic acids is 2. The Balaban J connectivity index is 1.43. The predicted octanol–water partition coefficient (Wildman–Crippen LogP) is 3.50. The zero-order chi connectivity index (χ0) is 14.1. The maximum atomic E-state index is 12.3. The molecule has 0 aromatic heterocycles. The minimum atomic E-state index is 0.0137. The van der Waals surface area contributed by atoms with E-state index in [-0.39, 0.29) is 18.0 Å². The smallest absolute Gasteiger partial charge is 0.309 e. The summed E-state index contributed by atoms with van der Waals surface area (Å²) in [5.41, 5.74) is 0. The Bertz CT molecular complexity index is 380. The van der Waals surface area contributed by atoms with Crippen LogP contribution in [0, 0.1) is 23.7 Å². The molecule has 0 aromatic carbocycles. The Hall–Kier alpha value is -0.860. The van der Waals surface area contributed by atoms with E-state index < -0.39 is 0 Å². The fourth-order valence-electron chi connectivity index (χ4n) is 4.57. The summed E-state index contributed by atoms with van der Waals surface area (Å²) in [6.07, 6.45) is 9.20. The molecule has 0 aliphatic heterocycles. The average molecular weight is 278 g/mol. The first-order valence-corrected chi connectivity index (χ1v) is 8.34. The standard InChI is InChI=1S/C17H26O3/c1-11(8-12-3-6-15(18)7-4-12)20-17(19)16-10-13-2-5-14(16)9-13/h11-14,16H,2-10H2,1H3. The van der Waals surface area contributed by atoms with E-state index in [1.54, 1.807) is 0 Å². The number of hydrogen-bond acceptors (Lipinski definition) is 3. The summed E-state index contributed by atoms with van der Waals surface area (Å²) in [6, 6.07) is 0. The number of ketones is 1. The highest BCUT2D eigenvalue weighted by molar-refractivity contribution is 5.79. The number of rotatable bonds is 4. The van der Waals surface area contributed by atoms with Gasteiger partial charge in [-0.05, 0) is 63.2 Å². The Kier molecular flexibility index (Phi) is 4.13. The summed E-state index contributed by atoms with van der Waals surface area (Å²) in [7, 11) is 0. The van der Waals surface area contributed by atoms with Gasteiger partial charge in [0.1, 0.15) is 5.78 Å². The number of hydrogen-bond donors (Lipinski definition) is 0. The van der Waals surface area contributed by atoms with Crippen molar-refractivity contribution in [1.82, 2.24) is 0 Å². The van der Waals surface area contributed by atoms with E-state index in [0.717, 1.165) is 44.4 Å². The number of Topliss-reactive ketones (excluding diaryl/α,β-unsaturated/α-hetero) is 1. The van der Waals surface area contributed by atoms with Crippen LogP contribution in [0.1, 0.15) is 64.7 Å². The van der Waals surface area contributed by atoms with Gasteiger partial charge in [0.15, 0.2) is 0 Å². The molecule has 0 N–H and O–H groups in total. The van der Waals surface area contributed by atoms with Gasteiger partial charge in [0.2, 0.25) is 0 Å². The molecule has 3 saturated carbocycles. The van der Waals surface area contributed by atoms with Crippen molar-refractivity contribution in [2.75, 3.05) is 0 Å². The first kappa shape index (κ1) is 14.1. The van der Waals surface area contributed by atoms with E-state index in [0.29, 0.717) is 17.6 Å². The quantitative estimate of drug-likeness (QED) is 0.739. The van der Waals surface area contributed by atoms with Gasteiger partial charge in [0.25, 0.3) is 0 Å². The van der Waals surface area contributed by atoms with Crippen LogP contribution in [0.15, 0.2) is 0 Å². The molecule has 0 saturated heterocycles. The van der Waals surface area contributed by atoms with Crippen molar-refractivity contribution in [2.45, 2.75) is 70.8 Å². The van der Waals surface area contributed by atoms with Crippen LogP contribution in [-0.2, 0) is 14.3 Å². The van der Waals surface area contributed by atoms with Gasteiger partial charge in [0.05, 0.1) is 12.0 Å². The van der Waals surface area contributed by atoms with Crippen LogP contribution in [0.4, 0.5) is 0 Å². The lowest BCUT2D eigenvalue weighted by molar-refractivity contribution is -0.156. The normalized spacial score (nSPS) is 35.2. The van der Waals surface area contributed by atoms with Crippen molar-refractivity contribution in [3.63, 3.8) is 0 Å². The fraction of sp³-hybridized carbons (Fsp3) is 0.882. The van der Waals surface area contributed by atoms with Crippen LogP contribution in [0.3, 0.4) is 0 Å². The van der Waals surface area contributed by atoms with E-state index in [1.165, 1.54) is 19.3 Å². The Morgan fingerprint density at radius 3 is 2.55 bits per heavy atom. The molecule has 2 bridgehead atoms. The second-order valence-corrected chi connectivity index (χ2v) is 7.25. The van der Waals surface area contributed by atoms with Crippen LogP contribution in [0.25, 0.3) is 0 Å². The summed E-state index contributed by atoms with van der Waals surface area (Å²) in [5, 5.41) is 0. The van der Waals surface area contributed by atoms with Crippen LogP contribution in [0.5, 0.6) is 0 Å². The molecule has 0 radical (unpaired) electrons. The Morgan fingerprint density at radius 2 is 1.95 bits per heavy atom. The van der Waals surface area contributed by atoms with E-state index in [9.17, 15) is 9.59 Å². The summed E-state index contributed by atoms with van der Waals surface area (Å²) in [5.74, 6) is 2.59. The topological polar surface area (TPSA) is 43.4 Å². The average Bonchev–Trinajstić information content (AvgIpc) is 3.03. The molecule has 112 valence electrons. The molecule has 3 rings (SSSR count). The first-order chi connectivity index (χ1) is 9.61. The molecule has 3 aliphatic carbocycles. The molecule has 4 atom stereocenters. The van der Waals surface area contributed by atoms with Gasteiger partial charge in [-0.25, -0.2) is 0 Å². The van der Waals surface area contributed by atoms with Crippen LogP contribution < -0.4 is 0 Å². The zero-order valence-corrected chi connectivity index (χ0v) is 12.5. The lowest BCUT2D eigenvalue weighted by Gasteiger charge is -2.26. The minimum absolute atomic E-state index is 0.0137. The van der Waals surface area contributed by atoms with Gasteiger partial charge in [-0.1, -0.05) is 6.42 Å². The highest BCUT2D eigenvalue weighted by Crippen LogP contribution is 2.48. The van der Waals surface area contributed by atoms with Crippen molar-refractivity contribution >= 4 is 11.8 Å². The van der Waals surface area contributed by atoms with Crippen LogP contribution in [-0.4, -0.2) is 17.9 Å². The van der Waals surface area contributed by atoms with Crippen molar-refractivity contribution in [3.8, 4) is 0 Å². The molecule has 0 aromatic rings. The summed E-state index contributed by atoms with van der Waals surface area (Å²) < 4.78 is 5.69. The molecule has 3 fully saturated rings. The predicted molar refractivity (Wildman–Crippen MR) is 76.1 cm³/mol. The number of fused-ring (bicyclic) bond motifs is 2. The maximum Gasteiger partial charge on any atom is 0.309 e. The highest BCUT2D eigenvalue weighted by Gasteiger charge is 2.44. The molecular formula is C17H26O3. The largest absolute Gasteiger partial charge is 0.462 e. The van der Waals surface area contributed by atoms with Gasteiger partial charge in [-0.15, -0.1) is 0 Å². The van der Waals surface area contributed by atoms with E-state index in [1.807, 2.05) is 6.92 Å². The lowest BCUT2D eigenvalue weighted by Crippen LogP contribution is -2.28. The molecular weight excluding hydrogens is 252 g/mol. The third kappa shape index (κ3) is 3.07. The maximum absolute atomic E-state index is 12.3. The second kappa shape index (κ2) is 5.87. The molecule has 0 heterocycles. The van der Waals surface area contributed by atoms with Crippen molar-refractivity contribution < 1.29 is 14.3 Å². The third-order valence-electron chi connectivity index (χ3n) is 5.69. The highest BCUT2D eigenvalue weighted by atomic mass is 16.5. The minimum Gasteiger partial charge on any atom is -0.462 e. The molecule has 0 amide bonds. The van der Waals surface area contributed by atoms with Crippen molar-refractivity contribution in [3.05, 3.63) is 0 Å². The van der Waals surface area contributed by atoms with Crippen LogP contribution >= 0.6 is 0 Å². The number of carbonyl (C=O) groups is 2. The van der Waals surface area contributed by atoms with Crippen molar-refractivity contribution in [2.24, 2.45) is 23.7 Å². The molecule has 3 heteroatoms. The Labute approximate surface area is 121 Å². The van der Waals surface area contributed by atoms with Crippen molar-refractivity contribution in [1.29, 1.82) is 0 Å². The fourth-order valence-corrected chi connectivity index (χ4v) is 4.57. The summed E-state index contributed by atoms with van der Waals surface area (Å²) in [6.45, 7) is 2.02. The van der Waals surface area contributed by atoms with Crippen LogP contribution in [0.2, 0.25) is 0 Å². The second-order valence-electron chi connectivity index (χ2n) is 7.25. The molecule has 3 aliphatic rings. The Morgan fingerprint density at radius 1 is 1.20 bits per heavy atom. The monoisotopic (exact) mass is 278 g/mol. The van der Waals surface area contributed by atoms with Gasteiger partial charge < -0.3 is 4.74 Å². The first-order valence-electron chi connectivity index (χ1n) is 8.34. The molecule has 3 nitrogen and oxygen atoms in total. The lowest BCUT2D eigenvalue weighted by atomic mass is 9.85. The molecule has 20 heavy (non-hydrogen) atoms. The van der Waals surface area contributed by atoms with Gasteiger partial charge in [-0.2, -0.15) is 0 Å². The zero-order valence-electron chi connectivity index (χ0n) is 12.5. The van der Waals surface area contributed by atoms with E-state index >= 15 is 0 Å². The van der Waals surface area contributed by atoms with Gasteiger partial charge in [-0.3, -0.25) is 9.59 Å². The van der Waals surface area contributed by atoms with E-state index in [4.69, 9.17) is 4.74 Å². The molecule has 4 unspecified atom stereocenters. The SMILES string of the molecule is CC(CC1CCC(=O)CC1)OC(=O)C1CC2CCC1C2. The summed E-state index contributed by atoms with van der Waals surface area (Å²) in [4.78, 5) is 23.5. The summed E-state index contributed by atoms with van der Waals surface area (Å²) >= 11 is 0. The molecule has 0 spiro atoms. The van der Waals surface area contributed by atoms with E-state index in [2.05, 4.69) is 0 Å². The van der Waals surface area contributed by atoms with Gasteiger partial charge in [0, 0.05) is 12.8 Å². The number of ether oxygens (including phenoxy) is 1. The number of esters is 1. The third-order valence-corrected chi connectivity index (χ3v) is 5.69. The van der Waals surface area contributed by atoms with Gasteiger partial charge >= 0.3 is 5.97 Å².